The van der Waals surface area contributed by atoms with Gasteiger partial charge in [-0.2, -0.15) is 4.98 Å². The van der Waals surface area contributed by atoms with E-state index in [1.165, 1.54) is 11.8 Å². The van der Waals surface area contributed by atoms with Gasteiger partial charge < -0.3 is 10.6 Å². The standard InChI is InChI=1S/C20H17BrClN5OS/c1-11-16(18(28)24-15-8-6-14(22)7-9-15)17(12-4-3-5-13(21)10-12)27-19(23-11)25-20(26-27)29-2/h3-10,17H,1-2H3,(H,24,28)(H,23,25,26)/t17-/m0/s1. The summed E-state index contributed by atoms with van der Waals surface area (Å²) in [5.74, 6) is 0.397. The van der Waals surface area contributed by atoms with Gasteiger partial charge in [0.2, 0.25) is 11.1 Å². The second-order valence-electron chi connectivity index (χ2n) is 6.45. The van der Waals surface area contributed by atoms with E-state index in [9.17, 15) is 4.79 Å². The summed E-state index contributed by atoms with van der Waals surface area (Å²) < 4.78 is 2.69. The first-order valence-electron chi connectivity index (χ1n) is 8.77. The van der Waals surface area contributed by atoms with Gasteiger partial charge in [0.1, 0.15) is 6.04 Å². The Bertz CT molecular complexity index is 1110. The van der Waals surface area contributed by atoms with Crippen LogP contribution in [0.5, 0.6) is 0 Å². The van der Waals surface area contributed by atoms with Crippen LogP contribution in [0.15, 0.2) is 69.4 Å². The zero-order valence-electron chi connectivity index (χ0n) is 15.6. The molecule has 0 saturated heterocycles. The highest BCUT2D eigenvalue weighted by Gasteiger charge is 2.34. The van der Waals surface area contributed by atoms with Crippen molar-refractivity contribution in [3.63, 3.8) is 0 Å². The van der Waals surface area contributed by atoms with Gasteiger partial charge in [-0.25, -0.2) is 4.68 Å². The molecule has 2 N–H and O–H groups in total. The topological polar surface area (TPSA) is 71.8 Å². The number of thioether (sulfide) groups is 1. The third-order valence-electron chi connectivity index (χ3n) is 4.53. The fraction of sp³-hybridized carbons (Fsp3) is 0.150. The minimum absolute atomic E-state index is 0.214. The van der Waals surface area contributed by atoms with Crippen molar-refractivity contribution in [2.24, 2.45) is 0 Å². The molecule has 9 heteroatoms. The lowest BCUT2D eigenvalue weighted by Gasteiger charge is -2.28. The number of benzene rings is 2. The van der Waals surface area contributed by atoms with Gasteiger partial charge in [0.05, 0.1) is 5.57 Å². The molecular weight excluding hydrogens is 474 g/mol. The van der Waals surface area contributed by atoms with E-state index in [0.717, 1.165) is 15.7 Å². The Morgan fingerprint density at radius 3 is 2.72 bits per heavy atom. The van der Waals surface area contributed by atoms with Crippen LogP contribution in [0.1, 0.15) is 18.5 Å². The smallest absolute Gasteiger partial charge is 0.255 e. The Kier molecular flexibility index (Phi) is 5.67. The number of nitrogens with one attached hydrogen (secondary N) is 2. The second kappa shape index (κ2) is 8.22. The fourth-order valence-corrected chi connectivity index (χ4v) is 4.12. The number of amides is 1. The highest BCUT2D eigenvalue weighted by molar-refractivity contribution is 9.10. The third kappa shape index (κ3) is 4.05. The largest absolute Gasteiger partial charge is 0.328 e. The number of nitrogens with zero attached hydrogens (tertiary/aromatic N) is 3. The maximum absolute atomic E-state index is 13.3. The van der Waals surface area contributed by atoms with Crippen LogP contribution in [0, 0.1) is 0 Å². The first kappa shape index (κ1) is 20.0. The molecule has 2 aromatic carbocycles. The normalized spacial score (nSPS) is 15.7. The summed E-state index contributed by atoms with van der Waals surface area (Å²) in [6.07, 6.45) is 1.92. The van der Waals surface area contributed by atoms with Crippen molar-refractivity contribution < 1.29 is 4.79 Å². The molecular formula is C20H17BrClN5OS. The molecule has 3 aromatic rings. The van der Waals surface area contributed by atoms with Crippen LogP contribution in [0.3, 0.4) is 0 Å². The monoisotopic (exact) mass is 489 g/mol. The molecule has 1 aliphatic heterocycles. The number of halogens is 2. The minimum atomic E-state index is -0.413. The summed E-state index contributed by atoms with van der Waals surface area (Å²) in [6.45, 7) is 1.87. The van der Waals surface area contributed by atoms with E-state index in [0.29, 0.717) is 27.4 Å². The lowest BCUT2D eigenvalue weighted by molar-refractivity contribution is -0.113. The zero-order chi connectivity index (χ0) is 20.5. The number of carbonyl (C=O) groups excluding carboxylic acids is 1. The van der Waals surface area contributed by atoms with Crippen molar-refractivity contribution in [3.8, 4) is 0 Å². The molecule has 0 aliphatic carbocycles. The van der Waals surface area contributed by atoms with E-state index in [1.807, 2.05) is 37.4 Å². The van der Waals surface area contributed by atoms with Crippen molar-refractivity contribution in [1.29, 1.82) is 0 Å². The maximum Gasteiger partial charge on any atom is 0.255 e. The number of carbonyl (C=O) groups is 1. The Morgan fingerprint density at radius 2 is 2.03 bits per heavy atom. The van der Waals surface area contributed by atoms with Gasteiger partial charge in [0.25, 0.3) is 5.91 Å². The zero-order valence-corrected chi connectivity index (χ0v) is 18.8. The van der Waals surface area contributed by atoms with Crippen LogP contribution >= 0.6 is 39.3 Å². The van der Waals surface area contributed by atoms with Gasteiger partial charge in [0.15, 0.2) is 0 Å². The van der Waals surface area contributed by atoms with Gasteiger partial charge in [-0.15, -0.1) is 5.10 Å². The van der Waals surface area contributed by atoms with Crippen molar-refractivity contribution in [1.82, 2.24) is 14.8 Å². The Balaban J connectivity index is 1.78. The predicted molar refractivity (Wildman–Crippen MR) is 120 cm³/mol. The van der Waals surface area contributed by atoms with Gasteiger partial charge >= 0.3 is 0 Å². The molecule has 2 heterocycles. The molecule has 4 rings (SSSR count). The van der Waals surface area contributed by atoms with Crippen molar-refractivity contribution in [3.05, 3.63) is 74.9 Å². The number of anilines is 2. The van der Waals surface area contributed by atoms with Crippen LogP contribution in [0.25, 0.3) is 0 Å². The summed E-state index contributed by atoms with van der Waals surface area (Å²) >= 11 is 10.9. The molecule has 0 radical (unpaired) electrons. The number of aromatic nitrogens is 3. The van der Waals surface area contributed by atoms with E-state index in [4.69, 9.17) is 11.6 Å². The van der Waals surface area contributed by atoms with Crippen molar-refractivity contribution in [2.45, 2.75) is 18.1 Å². The lowest BCUT2D eigenvalue weighted by atomic mass is 9.95. The molecule has 1 amide bonds. The molecule has 1 aromatic heterocycles. The van der Waals surface area contributed by atoms with Crippen molar-refractivity contribution in [2.75, 3.05) is 16.9 Å². The number of fused-ring (bicyclic) bond motifs is 1. The number of allylic oxidation sites excluding steroid dienone is 1. The van der Waals surface area contributed by atoms with Crippen LogP contribution in [-0.2, 0) is 4.79 Å². The van der Waals surface area contributed by atoms with Gasteiger partial charge in [-0.3, -0.25) is 4.79 Å². The molecule has 0 fully saturated rings. The first-order valence-corrected chi connectivity index (χ1v) is 11.2. The van der Waals surface area contributed by atoms with E-state index >= 15 is 0 Å². The molecule has 1 atom stereocenters. The summed E-state index contributed by atoms with van der Waals surface area (Å²) in [4.78, 5) is 17.8. The molecule has 148 valence electrons. The maximum atomic E-state index is 13.3. The highest BCUT2D eigenvalue weighted by atomic mass is 79.9. The average molecular weight is 491 g/mol. The Labute approximate surface area is 185 Å². The summed E-state index contributed by atoms with van der Waals surface area (Å²) in [6, 6.07) is 14.5. The Morgan fingerprint density at radius 1 is 1.28 bits per heavy atom. The summed E-state index contributed by atoms with van der Waals surface area (Å²) in [5, 5.41) is 12.0. The van der Waals surface area contributed by atoms with Gasteiger partial charge in [-0.05, 0) is 55.1 Å². The number of hydrogen-bond acceptors (Lipinski definition) is 5. The fourth-order valence-electron chi connectivity index (χ4n) is 3.23. The SMILES string of the molecule is CSc1nc2n(n1)[C@@H](c1cccc(Br)c1)C(C(=O)Nc1ccc(Cl)cc1)=C(C)N2. The van der Waals surface area contributed by atoms with Crippen LogP contribution in [0.4, 0.5) is 11.6 Å². The van der Waals surface area contributed by atoms with Crippen LogP contribution < -0.4 is 10.6 Å². The van der Waals surface area contributed by atoms with E-state index in [1.54, 1.807) is 28.9 Å². The van der Waals surface area contributed by atoms with Crippen LogP contribution in [0.2, 0.25) is 5.02 Å². The molecule has 1 aliphatic rings. The Hall–Kier alpha value is -2.29. The lowest BCUT2D eigenvalue weighted by Crippen LogP contribution is -2.31. The predicted octanol–water partition coefficient (Wildman–Crippen LogP) is 5.34. The molecule has 0 unspecified atom stereocenters. The average Bonchev–Trinajstić information content (AvgIpc) is 3.11. The molecule has 0 spiro atoms. The number of hydrogen-bond donors (Lipinski definition) is 2. The minimum Gasteiger partial charge on any atom is -0.328 e. The van der Waals surface area contributed by atoms with Crippen LogP contribution in [-0.4, -0.2) is 26.9 Å². The molecule has 0 bridgehead atoms. The van der Waals surface area contributed by atoms with E-state index < -0.39 is 6.04 Å². The molecule has 0 saturated carbocycles. The summed E-state index contributed by atoms with van der Waals surface area (Å²) in [7, 11) is 0. The third-order valence-corrected chi connectivity index (χ3v) is 5.81. The highest BCUT2D eigenvalue weighted by Crippen LogP contribution is 2.37. The van der Waals surface area contributed by atoms with Gasteiger partial charge in [0, 0.05) is 20.9 Å². The molecule has 6 nitrogen and oxygen atoms in total. The number of rotatable bonds is 4. The quantitative estimate of drug-likeness (QED) is 0.483. The molecule has 29 heavy (non-hydrogen) atoms. The van der Waals surface area contributed by atoms with Gasteiger partial charge in [-0.1, -0.05) is 51.4 Å². The second-order valence-corrected chi connectivity index (χ2v) is 8.57. The van der Waals surface area contributed by atoms with Crippen molar-refractivity contribution >= 4 is 56.8 Å². The first-order chi connectivity index (χ1) is 14.0. The van der Waals surface area contributed by atoms with E-state index in [2.05, 4.69) is 36.6 Å². The summed E-state index contributed by atoms with van der Waals surface area (Å²) in [5.41, 5.74) is 2.90. The van der Waals surface area contributed by atoms with E-state index in [-0.39, 0.29) is 5.91 Å².